The monoisotopic (exact) mass is 321 g/mol. The average Bonchev–Trinajstić information content (AvgIpc) is 2.45. The number of aryl methyl sites for hydroxylation is 1. The van der Waals surface area contributed by atoms with Crippen LogP contribution in [0.15, 0.2) is 12.1 Å². The minimum absolute atomic E-state index is 0.259. The Morgan fingerprint density at radius 1 is 1.26 bits per heavy atom. The van der Waals surface area contributed by atoms with Crippen LogP contribution in [-0.2, 0) is 4.74 Å². The van der Waals surface area contributed by atoms with Crippen LogP contribution in [-0.4, -0.2) is 52.9 Å². The summed E-state index contributed by atoms with van der Waals surface area (Å²) < 4.78 is 5.40. The SMILES string of the molecule is Cc1nc(N2CCN(C(=O)OC(C)(C)C)CC2)ccc1[C@@H](C)O. The molecule has 2 rings (SSSR count). The van der Waals surface area contributed by atoms with Gasteiger partial charge >= 0.3 is 6.09 Å². The summed E-state index contributed by atoms with van der Waals surface area (Å²) in [5.41, 5.74) is 1.22. The number of aromatic nitrogens is 1. The summed E-state index contributed by atoms with van der Waals surface area (Å²) in [6.07, 6.45) is -0.772. The highest BCUT2D eigenvalue weighted by Crippen LogP contribution is 2.21. The van der Waals surface area contributed by atoms with E-state index in [1.165, 1.54) is 0 Å². The molecular weight excluding hydrogens is 294 g/mol. The van der Waals surface area contributed by atoms with Crippen LogP contribution in [0.4, 0.5) is 10.6 Å². The minimum Gasteiger partial charge on any atom is -0.444 e. The lowest BCUT2D eigenvalue weighted by Crippen LogP contribution is -2.50. The molecule has 2 heterocycles. The number of carbonyl (C=O) groups excluding carboxylic acids is 1. The van der Waals surface area contributed by atoms with Gasteiger partial charge in [-0.15, -0.1) is 0 Å². The number of pyridine rings is 1. The number of rotatable bonds is 2. The fraction of sp³-hybridized carbons (Fsp3) is 0.647. The summed E-state index contributed by atoms with van der Waals surface area (Å²) in [5, 5.41) is 9.68. The molecule has 23 heavy (non-hydrogen) atoms. The normalized spacial score (nSPS) is 17.1. The predicted octanol–water partition coefficient (Wildman–Crippen LogP) is 2.50. The number of aliphatic hydroxyl groups is 1. The number of anilines is 1. The number of carbonyl (C=O) groups is 1. The average molecular weight is 321 g/mol. The minimum atomic E-state index is -0.513. The van der Waals surface area contributed by atoms with Crippen molar-refractivity contribution in [1.82, 2.24) is 9.88 Å². The van der Waals surface area contributed by atoms with E-state index in [0.717, 1.165) is 30.2 Å². The van der Waals surface area contributed by atoms with Gasteiger partial charge in [0.05, 0.1) is 6.10 Å². The Labute approximate surface area is 138 Å². The van der Waals surface area contributed by atoms with Crippen LogP contribution < -0.4 is 4.90 Å². The van der Waals surface area contributed by atoms with Crippen molar-refractivity contribution in [2.75, 3.05) is 31.1 Å². The van der Waals surface area contributed by atoms with Gasteiger partial charge in [0.15, 0.2) is 0 Å². The van der Waals surface area contributed by atoms with Gasteiger partial charge in [-0.25, -0.2) is 9.78 Å². The van der Waals surface area contributed by atoms with Gasteiger partial charge in [-0.2, -0.15) is 0 Å². The van der Waals surface area contributed by atoms with Crippen LogP contribution in [0, 0.1) is 6.92 Å². The van der Waals surface area contributed by atoms with Crippen LogP contribution in [0.25, 0.3) is 0 Å². The van der Waals surface area contributed by atoms with Crippen molar-refractivity contribution in [2.24, 2.45) is 0 Å². The second-order valence-corrected chi connectivity index (χ2v) is 6.97. The Morgan fingerprint density at radius 3 is 2.35 bits per heavy atom. The molecule has 1 fully saturated rings. The lowest BCUT2D eigenvalue weighted by atomic mass is 10.1. The van der Waals surface area contributed by atoms with Crippen LogP contribution in [0.2, 0.25) is 0 Å². The van der Waals surface area contributed by atoms with Gasteiger partial charge in [0.1, 0.15) is 11.4 Å². The number of nitrogens with zero attached hydrogens (tertiary/aromatic N) is 3. The van der Waals surface area contributed by atoms with E-state index in [1.807, 2.05) is 39.8 Å². The Morgan fingerprint density at radius 2 is 1.87 bits per heavy atom. The van der Waals surface area contributed by atoms with Crippen LogP contribution >= 0.6 is 0 Å². The van der Waals surface area contributed by atoms with Crippen molar-refractivity contribution < 1.29 is 14.6 Å². The largest absolute Gasteiger partial charge is 0.444 e. The van der Waals surface area contributed by atoms with E-state index in [9.17, 15) is 9.90 Å². The van der Waals surface area contributed by atoms with Crippen LogP contribution in [0.3, 0.4) is 0 Å². The molecule has 128 valence electrons. The van der Waals surface area contributed by atoms with Gasteiger partial charge < -0.3 is 19.6 Å². The molecule has 0 unspecified atom stereocenters. The highest BCUT2D eigenvalue weighted by atomic mass is 16.6. The molecular formula is C17H27N3O3. The molecule has 0 aliphatic carbocycles. The first-order chi connectivity index (χ1) is 10.7. The van der Waals surface area contributed by atoms with E-state index in [1.54, 1.807) is 11.8 Å². The maximum atomic E-state index is 12.1. The number of aliphatic hydroxyl groups excluding tert-OH is 1. The predicted molar refractivity (Wildman–Crippen MR) is 89.6 cm³/mol. The highest BCUT2D eigenvalue weighted by Gasteiger charge is 2.26. The first-order valence-corrected chi connectivity index (χ1v) is 8.06. The quantitative estimate of drug-likeness (QED) is 0.906. The van der Waals surface area contributed by atoms with Crippen LogP contribution in [0.5, 0.6) is 0 Å². The van der Waals surface area contributed by atoms with Gasteiger partial charge in [-0.1, -0.05) is 6.07 Å². The second kappa shape index (κ2) is 6.74. The van der Waals surface area contributed by atoms with E-state index >= 15 is 0 Å². The molecule has 1 amide bonds. The molecule has 1 saturated heterocycles. The van der Waals surface area contributed by atoms with E-state index in [0.29, 0.717) is 13.1 Å². The summed E-state index contributed by atoms with van der Waals surface area (Å²) in [5.74, 6) is 0.885. The molecule has 6 heteroatoms. The Balaban J connectivity index is 1.97. The molecule has 1 aromatic rings. The molecule has 1 atom stereocenters. The fourth-order valence-corrected chi connectivity index (χ4v) is 2.62. The van der Waals surface area contributed by atoms with Crippen molar-refractivity contribution in [1.29, 1.82) is 0 Å². The van der Waals surface area contributed by atoms with Crippen molar-refractivity contribution >= 4 is 11.9 Å². The van der Waals surface area contributed by atoms with Crippen molar-refractivity contribution in [3.05, 3.63) is 23.4 Å². The van der Waals surface area contributed by atoms with Gasteiger partial charge in [0, 0.05) is 37.4 Å². The molecule has 0 aromatic carbocycles. The first kappa shape index (κ1) is 17.5. The molecule has 0 bridgehead atoms. The first-order valence-electron chi connectivity index (χ1n) is 8.06. The van der Waals surface area contributed by atoms with Gasteiger partial charge in [-0.3, -0.25) is 0 Å². The number of amides is 1. The molecule has 0 saturated carbocycles. The molecule has 0 spiro atoms. The summed E-state index contributed by atoms with van der Waals surface area (Å²) in [4.78, 5) is 20.5. The maximum absolute atomic E-state index is 12.1. The summed E-state index contributed by atoms with van der Waals surface area (Å²) >= 11 is 0. The Kier molecular flexibility index (Phi) is 5.14. The molecule has 6 nitrogen and oxygen atoms in total. The lowest BCUT2D eigenvalue weighted by Gasteiger charge is -2.36. The van der Waals surface area contributed by atoms with Gasteiger partial charge in [0.2, 0.25) is 0 Å². The van der Waals surface area contributed by atoms with Crippen LogP contribution in [0.1, 0.15) is 45.1 Å². The van der Waals surface area contributed by atoms with Crippen molar-refractivity contribution in [2.45, 2.75) is 46.3 Å². The summed E-state index contributed by atoms with van der Waals surface area (Å²) in [7, 11) is 0. The van der Waals surface area contributed by atoms with E-state index in [-0.39, 0.29) is 6.09 Å². The third-order valence-electron chi connectivity index (χ3n) is 3.82. The number of ether oxygens (including phenoxy) is 1. The van der Waals surface area contributed by atoms with E-state index < -0.39 is 11.7 Å². The lowest BCUT2D eigenvalue weighted by molar-refractivity contribution is 0.0240. The van der Waals surface area contributed by atoms with E-state index in [2.05, 4.69) is 9.88 Å². The van der Waals surface area contributed by atoms with Gasteiger partial charge in [-0.05, 0) is 40.7 Å². The molecule has 1 aliphatic rings. The third kappa shape index (κ3) is 4.58. The highest BCUT2D eigenvalue weighted by molar-refractivity contribution is 5.68. The molecule has 1 N–H and O–H groups in total. The third-order valence-corrected chi connectivity index (χ3v) is 3.82. The Hall–Kier alpha value is -1.82. The zero-order valence-corrected chi connectivity index (χ0v) is 14.7. The van der Waals surface area contributed by atoms with Gasteiger partial charge in [0.25, 0.3) is 0 Å². The zero-order chi connectivity index (χ0) is 17.2. The number of piperazine rings is 1. The number of hydrogen-bond donors (Lipinski definition) is 1. The number of hydrogen-bond acceptors (Lipinski definition) is 5. The van der Waals surface area contributed by atoms with Crippen molar-refractivity contribution in [3.8, 4) is 0 Å². The smallest absolute Gasteiger partial charge is 0.410 e. The second-order valence-electron chi connectivity index (χ2n) is 6.97. The molecule has 0 radical (unpaired) electrons. The Bertz CT molecular complexity index is 559. The topological polar surface area (TPSA) is 65.9 Å². The van der Waals surface area contributed by atoms with E-state index in [4.69, 9.17) is 4.74 Å². The van der Waals surface area contributed by atoms with Crippen molar-refractivity contribution in [3.63, 3.8) is 0 Å². The summed E-state index contributed by atoms with van der Waals surface area (Å²) in [6.45, 7) is 11.9. The zero-order valence-electron chi connectivity index (χ0n) is 14.7. The standard InChI is InChI=1S/C17H27N3O3/c1-12-14(13(2)21)6-7-15(18-12)19-8-10-20(11-9-19)16(22)23-17(3,4)5/h6-7,13,21H,8-11H2,1-5H3/t13-/m1/s1. The molecule has 1 aliphatic heterocycles. The summed E-state index contributed by atoms with van der Waals surface area (Å²) in [6, 6.07) is 3.85. The fourth-order valence-electron chi connectivity index (χ4n) is 2.62. The maximum Gasteiger partial charge on any atom is 0.410 e. The molecule has 1 aromatic heterocycles.